The van der Waals surface area contributed by atoms with Gasteiger partial charge in [-0.25, -0.2) is 4.79 Å². The second-order valence-electron chi connectivity index (χ2n) is 7.30. The number of methoxy groups -OCH3 is 1. The lowest BCUT2D eigenvalue weighted by Crippen LogP contribution is -2.44. The lowest BCUT2D eigenvalue weighted by atomic mass is 10.2. The average molecular weight is 429 g/mol. The number of H-pyrrole nitrogens is 1. The highest BCUT2D eigenvalue weighted by Gasteiger charge is 2.24. The molecule has 1 amide bonds. The molecule has 0 unspecified atom stereocenters. The van der Waals surface area contributed by atoms with Crippen LogP contribution in [-0.2, 0) is 22.5 Å². The standard InChI is InChI=1S/C21H27N5O5/c1-14(2)12-26-19(23)18(20(28)24-21(26)29)25(10-11-30-3)17(27)13-31-16-6-4-15(5-7-16)8-9-22/h4-7,14H,8,10-13,23H2,1-3H3,(H,24,28,29). The lowest BCUT2D eigenvalue weighted by Gasteiger charge is -2.24. The van der Waals surface area contributed by atoms with E-state index < -0.39 is 17.2 Å². The Morgan fingerprint density at radius 1 is 1.29 bits per heavy atom. The molecule has 1 aromatic carbocycles. The third-order valence-electron chi connectivity index (χ3n) is 4.42. The number of nitrogens with zero attached hydrogens (tertiary/aromatic N) is 3. The van der Waals surface area contributed by atoms with Crippen LogP contribution >= 0.6 is 0 Å². The van der Waals surface area contributed by atoms with Gasteiger partial charge in [0.25, 0.3) is 11.5 Å². The number of aromatic nitrogens is 2. The van der Waals surface area contributed by atoms with Gasteiger partial charge >= 0.3 is 5.69 Å². The van der Waals surface area contributed by atoms with Crippen LogP contribution in [-0.4, -0.2) is 42.3 Å². The summed E-state index contributed by atoms with van der Waals surface area (Å²) in [6.45, 7) is 3.93. The fourth-order valence-electron chi connectivity index (χ4n) is 2.95. The van der Waals surface area contributed by atoms with Crippen molar-refractivity contribution in [1.82, 2.24) is 9.55 Å². The maximum Gasteiger partial charge on any atom is 0.330 e. The van der Waals surface area contributed by atoms with Crippen LogP contribution in [0.3, 0.4) is 0 Å². The van der Waals surface area contributed by atoms with Crippen LogP contribution in [0.5, 0.6) is 5.75 Å². The van der Waals surface area contributed by atoms with E-state index in [-0.39, 0.29) is 50.1 Å². The van der Waals surface area contributed by atoms with Crippen molar-refractivity contribution in [3.8, 4) is 11.8 Å². The van der Waals surface area contributed by atoms with Gasteiger partial charge in [0.2, 0.25) is 0 Å². The first-order valence-corrected chi connectivity index (χ1v) is 9.79. The van der Waals surface area contributed by atoms with E-state index in [1.54, 1.807) is 24.3 Å². The van der Waals surface area contributed by atoms with Gasteiger partial charge in [-0.3, -0.25) is 24.0 Å². The Kier molecular flexibility index (Phi) is 8.40. The Morgan fingerprint density at radius 2 is 1.97 bits per heavy atom. The summed E-state index contributed by atoms with van der Waals surface area (Å²) in [5, 5.41) is 8.73. The fourth-order valence-corrected chi connectivity index (χ4v) is 2.95. The number of aromatic amines is 1. The van der Waals surface area contributed by atoms with Crippen molar-refractivity contribution >= 4 is 17.4 Å². The highest BCUT2D eigenvalue weighted by molar-refractivity contribution is 5.96. The number of anilines is 2. The quantitative estimate of drug-likeness (QED) is 0.571. The molecule has 0 saturated carbocycles. The van der Waals surface area contributed by atoms with E-state index in [4.69, 9.17) is 20.5 Å². The molecular weight excluding hydrogens is 402 g/mol. The number of nitrogen functional groups attached to an aromatic ring is 1. The molecule has 2 rings (SSSR count). The van der Waals surface area contributed by atoms with Crippen LogP contribution in [0, 0.1) is 17.2 Å². The third kappa shape index (κ3) is 6.20. The van der Waals surface area contributed by atoms with Crippen molar-refractivity contribution in [3.63, 3.8) is 0 Å². The zero-order valence-corrected chi connectivity index (χ0v) is 17.9. The fraction of sp³-hybridized carbons (Fsp3) is 0.429. The number of rotatable bonds is 10. The first kappa shape index (κ1) is 23.7. The van der Waals surface area contributed by atoms with Crippen LogP contribution in [0.1, 0.15) is 19.4 Å². The van der Waals surface area contributed by atoms with Gasteiger partial charge < -0.3 is 15.2 Å². The van der Waals surface area contributed by atoms with Crippen molar-refractivity contribution < 1.29 is 14.3 Å². The molecule has 3 N–H and O–H groups in total. The molecule has 31 heavy (non-hydrogen) atoms. The molecule has 1 heterocycles. The Bertz CT molecular complexity index is 1050. The molecule has 10 nitrogen and oxygen atoms in total. The third-order valence-corrected chi connectivity index (χ3v) is 4.42. The molecule has 2 aromatic rings. The minimum absolute atomic E-state index is 0.0486. The van der Waals surface area contributed by atoms with Crippen molar-refractivity contribution in [2.24, 2.45) is 5.92 Å². The molecule has 0 aliphatic heterocycles. The van der Waals surface area contributed by atoms with Gasteiger partial charge in [-0.1, -0.05) is 26.0 Å². The van der Waals surface area contributed by atoms with E-state index in [1.807, 2.05) is 13.8 Å². The summed E-state index contributed by atoms with van der Waals surface area (Å²) in [4.78, 5) is 41.0. The zero-order chi connectivity index (χ0) is 23.0. The first-order chi connectivity index (χ1) is 14.8. The Balaban J connectivity index is 2.30. The molecule has 0 aliphatic carbocycles. The predicted octanol–water partition coefficient (Wildman–Crippen LogP) is 0.899. The maximum absolute atomic E-state index is 12.9. The van der Waals surface area contributed by atoms with Gasteiger partial charge in [-0.2, -0.15) is 5.26 Å². The lowest BCUT2D eigenvalue weighted by molar-refractivity contribution is -0.120. The van der Waals surface area contributed by atoms with Crippen molar-refractivity contribution in [2.75, 3.05) is 37.5 Å². The summed E-state index contributed by atoms with van der Waals surface area (Å²) in [7, 11) is 1.47. The topological polar surface area (TPSA) is 143 Å². The SMILES string of the molecule is COCCN(C(=O)COc1ccc(CC#N)cc1)c1c(N)n(CC(C)C)c(=O)[nH]c1=O. The summed E-state index contributed by atoms with van der Waals surface area (Å²) >= 11 is 0. The zero-order valence-electron chi connectivity index (χ0n) is 17.9. The van der Waals surface area contributed by atoms with Gasteiger partial charge in [-0.15, -0.1) is 0 Å². The molecule has 0 fully saturated rings. The largest absolute Gasteiger partial charge is 0.484 e. The number of hydrogen-bond donors (Lipinski definition) is 2. The molecule has 1 aromatic heterocycles. The molecule has 0 bridgehead atoms. The van der Waals surface area contributed by atoms with Crippen molar-refractivity contribution in [1.29, 1.82) is 5.26 Å². The van der Waals surface area contributed by atoms with E-state index in [0.29, 0.717) is 5.75 Å². The number of ether oxygens (including phenoxy) is 2. The highest BCUT2D eigenvalue weighted by atomic mass is 16.5. The van der Waals surface area contributed by atoms with Crippen molar-refractivity contribution in [2.45, 2.75) is 26.8 Å². The minimum Gasteiger partial charge on any atom is -0.484 e. The number of nitrogens with one attached hydrogen (secondary N) is 1. The van der Waals surface area contributed by atoms with E-state index in [2.05, 4.69) is 11.1 Å². The normalized spacial score (nSPS) is 10.7. The number of nitrogens with two attached hydrogens (primary N) is 1. The number of carbonyl (C=O) groups excluding carboxylic acids is 1. The number of hydrogen-bond acceptors (Lipinski definition) is 7. The summed E-state index contributed by atoms with van der Waals surface area (Å²) in [5.41, 5.74) is 5.46. The van der Waals surface area contributed by atoms with Gasteiger partial charge in [0.15, 0.2) is 12.3 Å². The molecule has 166 valence electrons. The summed E-state index contributed by atoms with van der Waals surface area (Å²) in [5.74, 6) is -0.0829. The van der Waals surface area contributed by atoms with Crippen LogP contribution < -0.4 is 26.6 Å². The number of benzene rings is 1. The van der Waals surface area contributed by atoms with Gasteiger partial charge in [-0.05, 0) is 23.6 Å². The molecule has 10 heteroatoms. The second-order valence-corrected chi connectivity index (χ2v) is 7.30. The van der Waals surface area contributed by atoms with E-state index in [0.717, 1.165) is 10.5 Å². The molecule has 0 spiro atoms. The van der Waals surface area contributed by atoms with Crippen LogP contribution in [0.4, 0.5) is 11.5 Å². The number of carbonyl (C=O) groups is 1. The van der Waals surface area contributed by atoms with E-state index in [1.165, 1.54) is 11.7 Å². The predicted molar refractivity (Wildman–Crippen MR) is 116 cm³/mol. The minimum atomic E-state index is -0.757. The monoisotopic (exact) mass is 429 g/mol. The summed E-state index contributed by atoms with van der Waals surface area (Å²) in [6, 6.07) is 8.83. The van der Waals surface area contributed by atoms with Gasteiger partial charge in [0, 0.05) is 20.2 Å². The smallest absolute Gasteiger partial charge is 0.330 e. The van der Waals surface area contributed by atoms with Gasteiger partial charge in [0.1, 0.15) is 11.6 Å². The van der Waals surface area contributed by atoms with Crippen molar-refractivity contribution in [3.05, 3.63) is 50.7 Å². The molecule has 0 radical (unpaired) electrons. The molecular formula is C21H27N5O5. The van der Waals surface area contributed by atoms with E-state index >= 15 is 0 Å². The Morgan fingerprint density at radius 3 is 2.55 bits per heavy atom. The molecule has 0 saturated heterocycles. The molecule has 0 atom stereocenters. The summed E-state index contributed by atoms with van der Waals surface area (Å²) < 4.78 is 11.8. The Labute approximate surface area is 179 Å². The number of nitriles is 1. The maximum atomic E-state index is 12.9. The Hall–Kier alpha value is -3.58. The van der Waals surface area contributed by atoms with Crippen LogP contribution in [0.15, 0.2) is 33.9 Å². The second kappa shape index (κ2) is 11.0. The van der Waals surface area contributed by atoms with Crippen LogP contribution in [0.2, 0.25) is 0 Å². The average Bonchev–Trinajstić information content (AvgIpc) is 2.72. The van der Waals surface area contributed by atoms with E-state index in [9.17, 15) is 14.4 Å². The first-order valence-electron chi connectivity index (χ1n) is 9.79. The van der Waals surface area contributed by atoms with Gasteiger partial charge in [0.05, 0.1) is 19.1 Å². The number of amides is 1. The summed E-state index contributed by atoms with van der Waals surface area (Å²) in [6.07, 6.45) is 0.276. The van der Waals surface area contributed by atoms with Crippen LogP contribution in [0.25, 0.3) is 0 Å². The highest BCUT2D eigenvalue weighted by Crippen LogP contribution is 2.19. The molecule has 0 aliphatic rings.